The van der Waals surface area contributed by atoms with E-state index < -0.39 is 0 Å². The largest absolute Gasteiger partial charge is 0.350 e. The molecule has 5 heteroatoms. The van der Waals surface area contributed by atoms with Gasteiger partial charge in [-0.05, 0) is 43.7 Å². The van der Waals surface area contributed by atoms with Crippen molar-refractivity contribution in [2.45, 2.75) is 45.6 Å². The summed E-state index contributed by atoms with van der Waals surface area (Å²) >= 11 is 0. The van der Waals surface area contributed by atoms with Crippen LogP contribution in [0.2, 0.25) is 0 Å². The number of rotatable bonds is 8. The summed E-state index contributed by atoms with van der Waals surface area (Å²) in [6.45, 7) is 4.18. The molecule has 0 radical (unpaired) electrons. The number of anilines is 1. The standard InChI is InChI=1S/C20H25N3O2/c1-3-4-5-8-15(2)22-19(24)16-9-6-11-18(13-16)23-20(25)17-10-7-12-21-14-17/h6-7,9-15H,3-5,8H2,1-2H3,(H,22,24)(H,23,25). The highest BCUT2D eigenvalue weighted by atomic mass is 16.2. The second-order valence-electron chi connectivity index (χ2n) is 6.15. The predicted octanol–water partition coefficient (Wildman–Crippen LogP) is 4.03. The molecular weight excluding hydrogens is 314 g/mol. The molecule has 5 nitrogen and oxygen atoms in total. The number of carbonyl (C=O) groups excluding carboxylic acids is 2. The summed E-state index contributed by atoms with van der Waals surface area (Å²) in [7, 11) is 0. The maximum atomic E-state index is 12.4. The fourth-order valence-electron chi connectivity index (χ4n) is 2.52. The molecule has 0 fully saturated rings. The average Bonchev–Trinajstić information content (AvgIpc) is 2.63. The fourth-order valence-corrected chi connectivity index (χ4v) is 2.52. The topological polar surface area (TPSA) is 71.1 Å². The molecule has 132 valence electrons. The fraction of sp³-hybridized carbons (Fsp3) is 0.350. The molecule has 0 aliphatic heterocycles. The van der Waals surface area contributed by atoms with Crippen molar-refractivity contribution in [1.29, 1.82) is 0 Å². The Bertz CT molecular complexity index is 701. The van der Waals surface area contributed by atoms with Crippen molar-refractivity contribution in [2.24, 2.45) is 0 Å². The number of nitrogens with zero attached hydrogens (tertiary/aromatic N) is 1. The van der Waals surface area contributed by atoms with Crippen LogP contribution in [-0.2, 0) is 0 Å². The van der Waals surface area contributed by atoms with E-state index in [1.807, 2.05) is 6.92 Å². The van der Waals surface area contributed by atoms with Crippen molar-refractivity contribution in [1.82, 2.24) is 10.3 Å². The summed E-state index contributed by atoms with van der Waals surface area (Å²) in [6.07, 6.45) is 7.54. The van der Waals surface area contributed by atoms with Gasteiger partial charge in [-0.3, -0.25) is 14.6 Å². The van der Waals surface area contributed by atoms with E-state index in [1.165, 1.54) is 19.0 Å². The van der Waals surface area contributed by atoms with Crippen LogP contribution in [0.4, 0.5) is 5.69 Å². The van der Waals surface area contributed by atoms with Gasteiger partial charge in [0.05, 0.1) is 5.56 Å². The van der Waals surface area contributed by atoms with Crippen molar-refractivity contribution in [2.75, 3.05) is 5.32 Å². The number of amides is 2. The average molecular weight is 339 g/mol. The molecule has 2 amide bonds. The molecule has 25 heavy (non-hydrogen) atoms. The summed E-state index contributed by atoms with van der Waals surface area (Å²) in [4.78, 5) is 28.5. The molecular formula is C20H25N3O2. The number of hydrogen-bond donors (Lipinski definition) is 2. The lowest BCUT2D eigenvalue weighted by Crippen LogP contribution is -2.32. The van der Waals surface area contributed by atoms with Gasteiger partial charge in [-0.1, -0.05) is 32.3 Å². The number of carbonyl (C=O) groups is 2. The number of hydrogen-bond acceptors (Lipinski definition) is 3. The predicted molar refractivity (Wildman–Crippen MR) is 99.7 cm³/mol. The van der Waals surface area contributed by atoms with Gasteiger partial charge in [0, 0.05) is 29.7 Å². The highest BCUT2D eigenvalue weighted by Crippen LogP contribution is 2.13. The smallest absolute Gasteiger partial charge is 0.257 e. The zero-order chi connectivity index (χ0) is 18.1. The van der Waals surface area contributed by atoms with Crippen molar-refractivity contribution < 1.29 is 9.59 Å². The molecule has 2 N–H and O–H groups in total. The first-order valence-corrected chi connectivity index (χ1v) is 8.72. The molecule has 2 rings (SSSR count). The number of benzene rings is 1. The minimum absolute atomic E-state index is 0.124. The first-order valence-electron chi connectivity index (χ1n) is 8.72. The van der Waals surface area contributed by atoms with Gasteiger partial charge >= 0.3 is 0 Å². The van der Waals surface area contributed by atoms with Crippen LogP contribution < -0.4 is 10.6 Å². The van der Waals surface area contributed by atoms with Gasteiger partial charge in [0.25, 0.3) is 11.8 Å². The minimum atomic E-state index is -0.251. The van der Waals surface area contributed by atoms with Crippen LogP contribution in [0, 0.1) is 0 Å². The van der Waals surface area contributed by atoms with E-state index in [0.717, 1.165) is 12.8 Å². The third-order valence-electron chi connectivity index (χ3n) is 3.92. The Morgan fingerprint density at radius 1 is 1.08 bits per heavy atom. The molecule has 0 saturated heterocycles. The molecule has 0 bridgehead atoms. The molecule has 1 heterocycles. The quantitative estimate of drug-likeness (QED) is 0.713. The normalized spacial score (nSPS) is 11.6. The monoisotopic (exact) mass is 339 g/mol. The molecule has 1 atom stereocenters. The Morgan fingerprint density at radius 3 is 2.60 bits per heavy atom. The van der Waals surface area contributed by atoms with Crippen molar-refractivity contribution in [3.05, 3.63) is 59.9 Å². The summed E-state index contributed by atoms with van der Waals surface area (Å²) in [5.41, 5.74) is 1.59. The number of pyridine rings is 1. The van der Waals surface area contributed by atoms with Crippen LogP contribution in [-0.4, -0.2) is 22.8 Å². The third-order valence-corrected chi connectivity index (χ3v) is 3.92. The van der Waals surface area contributed by atoms with Crippen molar-refractivity contribution in [3.63, 3.8) is 0 Å². The first kappa shape index (κ1) is 18.6. The Hall–Kier alpha value is -2.69. The van der Waals surface area contributed by atoms with E-state index in [-0.39, 0.29) is 17.9 Å². The lowest BCUT2D eigenvalue weighted by Gasteiger charge is -2.14. The first-order chi connectivity index (χ1) is 12.1. The van der Waals surface area contributed by atoms with E-state index in [9.17, 15) is 9.59 Å². The molecule has 0 aliphatic rings. The summed E-state index contributed by atoms with van der Waals surface area (Å²) < 4.78 is 0. The highest BCUT2D eigenvalue weighted by molar-refractivity contribution is 6.04. The second-order valence-corrected chi connectivity index (χ2v) is 6.15. The van der Waals surface area contributed by atoms with Crippen LogP contribution in [0.3, 0.4) is 0 Å². The lowest BCUT2D eigenvalue weighted by atomic mass is 10.1. The number of nitrogens with one attached hydrogen (secondary N) is 2. The second kappa shape index (κ2) is 9.57. The van der Waals surface area contributed by atoms with Gasteiger partial charge < -0.3 is 10.6 Å². The Kier molecular flexibility index (Phi) is 7.14. The zero-order valence-corrected chi connectivity index (χ0v) is 14.8. The zero-order valence-electron chi connectivity index (χ0n) is 14.8. The van der Waals surface area contributed by atoms with Crippen LogP contribution in [0.15, 0.2) is 48.8 Å². The van der Waals surface area contributed by atoms with Gasteiger partial charge in [0.2, 0.25) is 0 Å². The highest BCUT2D eigenvalue weighted by Gasteiger charge is 2.11. The Balaban J connectivity index is 1.96. The Labute approximate surface area is 148 Å². The van der Waals surface area contributed by atoms with Crippen LogP contribution in [0.25, 0.3) is 0 Å². The number of aromatic nitrogens is 1. The SMILES string of the molecule is CCCCCC(C)NC(=O)c1cccc(NC(=O)c2cccnc2)c1. The van der Waals surface area contributed by atoms with E-state index in [0.29, 0.717) is 16.8 Å². The van der Waals surface area contributed by atoms with Gasteiger partial charge in [-0.25, -0.2) is 0 Å². The van der Waals surface area contributed by atoms with Crippen molar-refractivity contribution >= 4 is 17.5 Å². The van der Waals surface area contributed by atoms with Crippen LogP contribution in [0.5, 0.6) is 0 Å². The van der Waals surface area contributed by atoms with E-state index in [1.54, 1.807) is 42.6 Å². The van der Waals surface area contributed by atoms with E-state index in [4.69, 9.17) is 0 Å². The molecule has 0 spiro atoms. The van der Waals surface area contributed by atoms with Gasteiger partial charge in [0.1, 0.15) is 0 Å². The van der Waals surface area contributed by atoms with Crippen molar-refractivity contribution in [3.8, 4) is 0 Å². The maximum Gasteiger partial charge on any atom is 0.257 e. The summed E-state index contributed by atoms with van der Waals surface area (Å²) in [5.74, 6) is -0.375. The van der Waals surface area contributed by atoms with Gasteiger partial charge in [0.15, 0.2) is 0 Å². The van der Waals surface area contributed by atoms with Crippen LogP contribution in [0.1, 0.15) is 60.2 Å². The molecule has 1 aromatic carbocycles. The molecule has 1 unspecified atom stereocenters. The molecule has 0 aliphatic carbocycles. The third kappa shape index (κ3) is 6.03. The lowest BCUT2D eigenvalue weighted by molar-refractivity contribution is 0.0936. The van der Waals surface area contributed by atoms with E-state index in [2.05, 4.69) is 22.5 Å². The Morgan fingerprint density at radius 2 is 1.88 bits per heavy atom. The van der Waals surface area contributed by atoms with Gasteiger partial charge in [-0.2, -0.15) is 0 Å². The molecule has 2 aromatic rings. The number of unbranched alkanes of at least 4 members (excludes halogenated alkanes) is 2. The minimum Gasteiger partial charge on any atom is -0.350 e. The van der Waals surface area contributed by atoms with Crippen LogP contribution >= 0.6 is 0 Å². The summed E-state index contributed by atoms with van der Waals surface area (Å²) in [5, 5.41) is 5.80. The van der Waals surface area contributed by atoms with Gasteiger partial charge in [-0.15, -0.1) is 0 Å². The maximum absolute atomic E-state index is 12.4. The summed E-state index contributed by atoms with van der Waals surface area (Å²) in [6, 6.07) is 10.5. The van der Waals surface area contributed by atoms with E-state index >= 15 is 0 Å². The molecule has 0 saturated carbocycles. The molecule has 1 aromatic heterocycles.